The lowest BCUT2D eigenvalue weighted by Gasteiger charge is -2.29. The van der Waals surface area contributed by atoms with E-state index in [1.807, 2.05) is 6.92 Å². The summed E-state index contributed by atoms with van der Waals surface area (Å²) in [4.78, 5) is 11.7. The molecule has 1 aliphatic rings. The van der Waals surface area contributed by atoms with Crippen molar-refractivity contribution in [2.45, 2.75) is 77.3 Å². The first-order chi connectivity index (χ1) is 8.65. The topological polar surface area (TPSA) is 58.6 Å². The molecule has 112 valence electrons. The van der Waals surface area contributed by atoms with Gasteiger partial charge in [-0.3, -0.25) is 0 Å². The Bertz CT molecular complexity index is 290. The Morgan fingerprint density at radius 2 is 1.89 bits per heavy atom. The van der Waals surface area contributed by atoms with E-state index in [1.165, 1.54) is 0 Å². The van der Waals surface area contributed by atoms with Gasteiger partial charge in [-0.1, -0.05) is 6.92 Å². The second-order valence-corrected chi connectivity index (χ2v) is 6.64. The molecular formula is C14H26FNO3. The fourth-order valence-electron chi connectivity index (χ4n) is 2.52. The lowest BCUT2D eigenvalue weighted by molar-refractivity contribution is 0.0430. The first kappa shape index (κ1) is 16.2. The van der Waals surface area contributed by atoms with Crippen LogP contribution in [0, 0.1) is 5.92 Å². The Labute approximate surface area is 114 Å². The second-order valence-electron chi connectivity index (χ2n) is 6.64. The van der Waals surface area contributed by atoms with Gasteiger partial charge in [-0.05, 0) is 52.4 Å². The predicted molar refractivity (Wildman–Crippen MR) is 71.7 cm³/mol. The van der Waals surface area contributed by atoms with Crippen LogP contribution in [0.15, 0.2) is 0 Å². The number of alkyl carbamates (subject to hydrolysis) is 1. The minimum absolute atomic E-state index is 0.174. The molecule has 0 saturated heterocycles. The molecule has 0 radical (unpaired) electrons. The van der Waals surface area contributed by atoms with E-state index in [4.69, 9.17) is 4.74 Å². The Hall–Kier alpha value is -0.840. The molecule has 0 aromatic heterocycles. The zero-order valence-electron chi connectivity index (χ0n) is 12.3. The molecule has 1 amide bonds. The zero-order valence-corrected chi connectivity index (χ0v) is 12.3. The lowest BCUT2D eigenvalue weighted by atomic mass is 9.87. The van der Waals surface area contributed by atoms with E-state index < -0.39 is 24.0 Å². The van der Waals surface area contributed by atoms with Crippen molar-refractivity contribution in [2.75, 3.05) is 0 Å². The van der Waals surface area contributed by atoms with Gasteiger partial charge >= 0.3 is 6.09 Å². The van der Waals surface area contributed by atoms with Crippen molar-refractivity contribution >= 4 is 6.09 Å². The molecule has 19 heavy (non-hydrogen) atoms. The minimum Gasteiger partial charge on any atom is -0.444 e. The maximum atomic E-state index is 13.8. The molecule has 4 nitrogen and oxygen atoms in total. The number of carbonyl (C=O) groups is 1. The standard InChI is InChI=1S/C14H26FNO3/c1-9-5-10(15)7-11(8-12(17)6-9)16-13(18)19-14(2,3)4/h9-12,17H,5-8H2,1-4H3,(H,16,18)/t9?,10?,11?,12-/m1/s1. The van der Waals surface area contributed by atoms with Crippen molar-refractivity contribution in [2.24, 2.45) is 5.92 Å². The van der Waals surface area contributed by atoms with Crippen LogP contribution in [0.3, 0.4) is 0 Å². The summed E-state index contributed by atoms with van der Waals surface area (Å²) in [7, 11) is 0. The molecule has 3 unspecified atom stereocenters. The number of aliphatic hydroxyl groups is 1. The van der Waals surface area contributed by atoms with Crippen LogP contribution >= 0.6 is 0 Å². The van der Waals surface area contributed by atoms with E-state index in [1.54, 1.807) is 20.8 Å². The number of alkyl halides is 1. The first-order valence-corrected chi connectivity index (χ1v) is 6.97. The fourth-order valence-corrected chi connectivity index (χ4v) is 2.52. The van der Waals surface area contributed by atoms with Gasteiger partial charge in [0, 0.05) is 6.04 Å². The second kappa shape index (κ2) is 6.55. The summed E-state index contributed by atoms with van der Waals surface area (Å²) in [5.41, 5.74) is -0.575. The van der Waals surface area contributed by atoms with Crippen molar-refractivity contribution in [1.82, 2.24) is 5.32 Å². The average molecular weight is 275 g/mol. The summed E-state index contributed by atoms with van der Waals surface area (Å²) in [6, 6.07) is -0.368. The smallest absolute Gasteiger partial charge is 0.407 e. The minimum atomic E-state index is -0.942. The highest BCUT2D eigenvalue weighted by Gasteiger charge is 2.28. The van der Waals surface area contributed by atoms with Crippen molar-refractivity contribution < 1.29 is 19.0 Å². The maximum absolute atomic E-state index is 13.8. The highest BCUT2D eigenvalue weighted by Crippen LogP contribution is 2.25. The summed E-state index contributed by atoms with van der Waals surface area (Å²) >= 11 is 0. The van der Waals surface area contributed by atoms with Crippen LogP contribution in [-0.2, 0) is 4.74 Å². The Kier molecular flexibility index (Phi) is 5.59. The SMILES string of the molecule is CC1CC(F)CC(NC(=O)OC(C)(C)C)C[C@H](O)C1. The van der Waals surface area contributed by atoms with Crippen LogP contribution in [0.2, 0.25) is 0 Å². The van der Waals surface area contributed by atoms with Crippen LogP contribution < -0.4 is 5.32 Å². The molecule has 0 heterocycles. The van der Waals surface area contributed by atoms with Crippen molar-refractivity contribution in [1.29, 1.82) is 0 Å². The molecule has 0 bridgehead atoms. The number of carbonyl (C=O) groups excluding carboxylic acids is 1. The molecule has 0 aliphatic heterocycles. The van der Waals surface area contributed by atoms with Gasteiger partial charge in [0.15, 0.2) is 0 Å². The third kappa shape index (κ3) is 6.76. The van der Waals surface area contributed by atoms with E-state index in [-0.39, 0.29) is 18.4 Å². The average Bonchev–Trinajstić information content (AvgIpc) is 2.09. The highest BCUT2D eigenvalue weighted by atomic mass is 19.1. The van der Waals surface area contributed by atoms with Gasteiger partial charge in [-0.25, -0.2) is 9.18 Å². The number of amides is 1. The molecule has 1 fully saturated rings. The largest absolute Gasteiger partial charge is 0.444 e. The van der Waals surface area contributed by atoms with Crippen LogP contribution in [0.5, 0.6) is 0 Å². The van der Waals surface area contributed by atoms with Crippen molar-refractivity contribution in [3.8, 4) is 0 Å². The summed E-state index contributed by atoms with van der Waals surface area (Å²) in [6.07, 6.45) is -0.364. The van der Waals surface area contributed by atoms with Crippen LogP contribution in [-0.4, -0.2) is 35.1 Å². The number of hydrogen-bond acceptors (Lipinski definition) is 3. The molecule has 4 atom stereocenters. The van der Waals surface area contributed by atoms with E-state index in [9.17, 15) is 14.3 Å². The van der Waals surface area contributed by atoms with Crippen LogP contribution in [0.1, 0.15) is 53.4 Å². The molecular weight excluding hydrogens is 249 g/mol. The van der Waals surface area contributed by atoms with Gasteiger partial charge in [0.2, 0.25) is 0 Å². The lowest BCUT2D eigenvalue weighted by Crippen LogP contribution is -2.43. The molecule has 0 aromatic carbocycles. The van der Waals surface area contributed by atoms with Gasteiger partial charge in [-0.2, -0.15) is 0 Å². The normalized spacial score (nSPS) is 33.2. The number of aliphatic hydroxyl groups excluding tert-OH is 1. The number of hydrogen-bond donors (Lipinski definition) is 2. The van der Waals surface area contributed by atoms with E-state index in [0.717, 1.165) is 0 Å². The molecule has 1 saturated carbocycles. The van der Waals surface area contributed by atoms with E-state index >= 15 is 0 Å². The van der Waals surface area contributed by atoms with Crippen LogP contribution in [0.25, 0.3) is 0 Å². The number of halogens is 1. The number of rotatable bonds is 1. The van der Waals surface area contributed by atoms with Crippen LogP contribution in [0.4, 0.5) is 9.18 Å². The Morgan fingerprint density at radius 3 is 2.47 bits per heavy atom. The van der Waals surface area contributed by atoms with Gasteiger partial charge in [-0.15, -0.1) is 0 Å². The van der Waals surface area contributed by atoms with E-state index in [0.29, 0.717) is 19.3 Å². The molecule has 1 aliphatic carbocycles. The molecule has 0 aromatic rings. The Balaban J connectivity index is 2.53. The Morgan fingerprint density at radius 1 is 1.26 bits per heavy atom. The number of ether oxygens (including phenoxy) is 1. The number of nitrogens with one attached hydrogen (secondary N) is 1. The summed E-state index contributed by atoms with van der Waals surface area (Å²) < 4.78 is 18.9. The van der Waals surface area contributed by atoms with Crippen molar-refractivity contribution in [3.05, 3.63) is 0 Å². The monoisotopic (exact) mass is 275 g/mol. The zero-order chi connectivity index (χ0) is 14.6. The van der Waals surface area contributed by atoms with Gasteiger partial charge in [0.05, 0.1) is 6.10 Å². The predicted octanol–water partition coefficient (Wildman–Crippen LogP) is 2.79. The fraction of sp³-hybridized carbons (Fsp3) is 0.929. The summed E-state index contributed by atoms with van der Waals surface area (Å²) in [5.74, 6) is 0.174. The van der Waals surface area contributed by atoms with E-state index in [2.05, 4.69) is 5.32 Å². The molecule has 5 heteroatoms. The highest BCUT2D eigenvalue weighted by molar-refractivity contribution is 5.68. The molecule has 0 spiro atoms. The quantitative estimate of drug-likeness (QED) is 0.773. The van der Waals surface area contributed by atoms with Crippen molar-refractivity contribution in [3.63, 3.8) is 0 Å². The first-order valence-electron chi connectivity index (χ1n) is 6.97. The van der Waals surface area contributed by atoms with Gasteiger partial charge in [0.25, 0.3) is 0 Å². The molecule has 2 N–H and O–H groups in total. The summed E-state index contributed by atoms with van der Waals surface area (Å²) in [6.45, 7) is 7.27. The van der Waals surface area contributed by atoms with Gasteiger partial charge in [0.1, 0.15) is 11.8 Å². The summed E-state index contributed by atoms with van der Waals surface area (Å²) in [5, 5.41) is 12.5. The van der Waals surface area contributed by atoms with Gasteiger partial charge < -0.3 is 15.2 Å². The third-order valence-electron chi connectivity index (χ3n) is 3.15. The maximum Gasteiger partial charge on any atom is 0.407 e. The molecule has 1 rings (SSSR count). The third-order valence-corrected chi connectivity index (χ3v) is 3.15.